The number of thiazole rings is 1. The van der Waals surface area contributed by atoms with E-state index >= 15 is 0 Å². The fourth-order valence-electron chi connectivity index (χ4n) is 5.01. The van der Waals surface area contributed by atoms with E-state index in [2.05, 4.69) is 18.2 Å². The van der Waals surface area contributed by atoms with Gasteiger partial charge in [-0.05, 0) is 60.7 Å². The summed E-state index contributed by atoms with van der Waals surface area (Å²) in [5, 5.41) is 0. The molecule has 0 radical (unpaired) electrons. The van der Waals surface area contributed by atoms with E-state index in [-0.39, 0.29) is 11.6 Å². The number of hydrogen-bond acceptors (Lipinski definition) is 6. The fraction of sp³-hybridized carbons (Fsp3) is 0.214. The molecule has 6 rings (SSSR count). The lowest BCUT2D eigenvalue weighted by Gasteiger charge is -2.31. The maximum absolute atomic E-state index is 13.8. The van der Waals surface area contributed by atoms with Crippen molar-refractivity contribution in [1.82, 2.24) is 4.57 Å². The lowest BCUT2D eigenvalue weighted by molar-refractivity contribution is 0.354. The van der Waals surface area contributed by atoms with Crippen molar-refractivity contribution in [2.75, 3.05) is 14.2 Å². The average Bonchev–Trinajstić information content (AvgIpc) is 3.44. The molecule has 7 heteroatoms. The monoisotopic (exact) mass is 484 g/mol. The van der Waals surface area contributed by atoms with E-state index in [4.69, 9.17) is 18.9 Å². The highest BCUT2D eigenvalue weighted by molar-refractivity contribution is 7.07. The number of rotatable bonds is 4. The standard InChI is InChI=1S/C28H24N2O4S/c1-16-8-11-19(34-16)15-24-27(31)30-26(18-10-13-22(32-2)23(14-18)33-3)21-12-9-17-6-4-5-7-20(17)25(21)29-28(30)35-24/h4-8,10-11,13-15,26H,9,12H2,1-3H3/b24-15+. The van der Waals surface area contributed by atoms with Gasteiger partial charge >= 0.3 is 0 Å². The first kappa shape index (κ1) is 21.7. The summed E-state index contributed by atoms with van der Waals surface area (Å²) in [6.07, 6.45) is 3.54. The summed E-state index contributed by atoms with van der Waals surface area (Å²) in [6, 6.07) is 17.8. The molecule has 1 aliphatic carbocycles. The van der Waals surface area contributed by atoms with Crippen LogP contribution in [0.25, 0.3) is 11.8 Å². The van der Waals surface area contributed by atoms with Crippen LogP contribution in [0.4, 0.5) is 0 Å². The van der Waals surface area contributed by atoms with Crippen molar-refractivity contribution in [1.29, 1.82) is 0 Å². The van der Waals surface area contributed by atoms with Gasteiger partial charge in [-0.15, -0.1) is 0 Å². The second-order valence-electron chi connectivity index (χ2n) is 8.68. The molecule has 4 aromatic rings. The van der Waals surface area contributed by atoms with Crippen LogP contribution in [0, 0.1) is 6.92 Å². The van der Waals surface area contributed by atoms with Crippen molar-refractivity contribution in [3.63, 3.8) is 0 Å². The molecule has 0 saturated carbocycles. The maximum Gasteiger partial charge on any atom is 0.271 e. The van der Waals surface area contributed by atoms with E-state index in [1.165, 1.54) is 16.9 Å². The van der Waals surface area contributed by atoms with Gasteiger partial charge in [0.25, 0.3) is 5.56 Å². The third-order valence-electron chi connectivity index (χ3n) is 6.63. The molecular formula is C28H24N2O4S. The number of aromatic nitrogens is 1. The molecule has 3 heterocycles. The Hall–Kier alpha value is -3.84. The van der Waals surface area contributed by atoms with E-state index in [1.54, 1.807) is 20.3 Å². The minimum atomic E-state index is -0.283. The van der Waals surface area contributed by atoms with Crippen molar-refractivity contribution < 1.29 is 13.9 Å². The van der Waals surface area contributed by atoms with Gasteiger partial charge in [-0.1, -0.05) is 41.7 Å². The Morgan fingerprint density at radius 2 is 1.89 bits per heavy atom. The normalized spacial score (nSPS) is 16.9. The van der Waals surface area contributed by atoms with Crippen molar-refractivity contribution in [2.45, 2.75) is 25.8 Å². The van der Waals surface area contributed by atoms with Gasteiger partial charge in [0, 0.05) is 11.6 Å². The SMILES string of the molecule is COc1ccc(C2C3=C(N=c4s/c(=C/c5ccc(C)o5)c(=O)n42)c2ccccc2CC3)cc1OC. The predicted molar refractivity (Wildman–Crippen MR) is 136 cm³/mol. The number of methoxy groups -OCH3 is 2. The molecule has 1 aliphatic heterocycles. The van der Waals surface area contributed by atoms with Crippen LogP contribution in [0.1, 0.15) is 40.7 Å². The fourth-order valence-corrected chi connectivity index (χ4v) is 5.99. The summed E-state index contributed by atoms with van der Waals surface area (Å²) in [6.45, 7) is 1.89. The topological polar surface area (TPSA) is 66.0 Å². The number of aryl methyl sites for hydroxylation is 2. The smallest absolute Gasteiger partial charge is 0.271 e. The van der Waals surface area contributed by atoms with Gasteiger partial charge in [-0.25, -0.2) is 4.99 Å². The van der Waals surface area contributed by atoms with Crippen LogP contribution in [0.5, 0.6) is 11.5 Å². The molecular weight excluding hydrogens is 460 g/mol. The lowest BCUT2D eigenvalue weighted by atomic mass is 9.83. The highest BCUT2D eigenvalue weighted by atomic mass is 32.1. The summed E-state index contributed by atoms with van der Waals surface area (Å²) in [4.78, 5) is 19.5. The van der Waals surface area contributed by atoms with Crippen LogP contribution in [0.3, 0.4) is 0 Å². The van der Waals surface area contributed by atoms with Crippen LogP contribution in [-0.2, 0) is 6.42 Å². The molecule has 1 unspecified atom stereocenters. The summed E-state index contributed by atoms with van der Waals surface area (Å²) in [5.41, 5.74) is 5.42. The molecule has 2 aliphatic rings. The largest absolute Gasteiger partial charge is 0.493 e. The maximum atomic E-state index is 13.8. The number of allylic oxidation sites excluding steroid dienone is 1. The Morgan fingerprint density at radius 3 is 2.66 bits per heavy atom. The van der Waals surface area contributed by atoms with Gasteiger partial charge in [0.2, 0.25) is 0 Å². The minimum absolute atomic E-state index is 0.0759. The van der Waals surface area contributed by atoms with Gasteiger partial charge in [0.1, 0.15) is 11.5 Å². The van der Waals surface area contributed by atoms with Crippen LogP contribution < -0.4 is 24.4 Å². The van der Waals surface area contributed by atoms with Crippen LogP contribution in [0.15, 0.2) is 74.4 Å². The Morgan fingerprint density at radius 1 is 1.06 bits per heavy atom. The first-order valence-corrected chi connectivity index (χ1v) is 12.3. The Bertz CT molecular complexity index is 1670. The summed E-state index contributed by atoms with van der Waals surface area (Å²) >= 11 is 1.39. The van der Waals surface area contributed by atoms with Crippen molar-refractivity contribution in [2.24, 2.45) is 4.99 Å². The Kier molecular flexibility index (Phi) is 5.22. The van der Waals surface area contributed by atoms with Gasteiger partial charge in [0.15, 0.2) is 16.3 Å². The van der Waals surface area contributed by atoms with E-state index in [0.717, 1.165) is 41.0 Å². The number of fused-ring (bicyclic) bond motifs is 3. The third kappa shape index (κ3) is 3.54. The van der Waals surface area contributed by atoms with E-state index in [1.807, 2.05) is 47.9 Å². The highest BCUT2D eigenvalue weighted by Gasteiger charge is 2.33. The second-order valence-corrected chi connectivity index (χ2v) is 9.69. The van der Waals surface area contributed by atoms with E-state index in [9.17, 15) is 4.79 Å². The second kappa shape index (κ2) is 8.43. The van der Waals surface area contributed by atoms with Crippen molar-refractivity contribution in [3.05, 3.63) is 108 Å². The number of benzene rings is 2. The Labute approximate surface area is 206 Å². The predicted octanol–water partition coefficient (Wildman–Crippen LogP) is 4.24. The first-order valence-electron chi connectivity index (χ1n) is 11.5. The number of furan rings is 1. The number of nitrogens with zero attached hydrogens (tertiary/aromatic N) is 2. The quantitative estimate of drug-likeness (QED) is 0.435. The zero-order chi connectivity index (χ0) is 24.1. The molecule has 0 spiro atoms. The van der Waals surface area contributed by atoms with Crippen molar-refractivity contribution >= 4 is 23.1 Å². The Balaban J connectivity index is 1.63. The summed E-state index contributed by atoms with van der Waals surface area (Å²) in [7, 11) is 3.25. The molecule has 6 nitrogen and oxygen atoms in total. The lowest BCUT2D eigenvalue weighted by Crippen LogP contribution is -2.38. The number of ether oxygens (including phenoxy) is 2. The average molecular weight is 485 g/mol. The first-order chi connectivity index (χ1) is 17.1. The molecule has 0 N–H and O–H groups in total. The van der Waals surface area contributed by atoms with Gasteiger partial charge in [-0.3, -0.25) is 9.36 Å². The molecule has 1 atom stereocenters. The van der Waals surface area contributed by atoms with E-state index < -0.39 is 0 Å². The molecule has 176 valence electrons. The zero-order valence-corrected chi connectivity index (χ0v) is 20.5. The molecule has 2 aromatic carbocycles. The van der Waals surface area contributed by atoms with Crippen molar-refractivity contribution in [3.8, 4) is 11.5 Å². The summed E-state index contributed by atoms with van der Waals surface area (Å²) < 4.78 is 19.2. The highest BCUT2D eigenvalue weighted by Crippen LogP contribution is 2.42. The molecule has 2 aromatic heterocycles. The van der Waals surface area contributed by atoms with Crippen LogP contribution in [-0.4, -0.2) is 18.8 Å². The minimum Gasteiger partial charge on any atom is -0.493 e. The molecule has 0 saturated heterocycles. The van der Waals surface area contributed by atoms with Gasteiger partial charge in [0.05, 0.1) is 30.5 Å². The third-order valence-corrected chi connectivity index (χ3v) is 7.61. The molecule has 0 bridgehead atoms. The van der Waals surface area contributed by atoms with Crippen LogP contribution >= 0.6 is 11.3 Å². The van der Waals surface area contributed by atoms with E-state index in [0.29, 0.717) is 26.6 Å². The molecule has 35 heavy (non-hydrogen) atoms. The van der Waals surface area contributed by atoms with Gasteiger partial charge < -0.3 is 13.9 Å². The zero-order valence-electron chi connectivity index (χ0n) is 19.7. The van der Waals surface area contributed by atoms with Gasteiger partial charge in [-0.2, -0.15) is 0 Å². The number of hydrogen-bond donors (Lipinski definition) is 0. The molecule has 0 amide bonds. The summed E-state index contributed by atoms with van der Waals surface area (Å²) in [5.74, 6) is 2.75. The molecule has 0 fully saturated rings. The van der Waals surface area contributed by atoms with Crippen LogP contribution in [0.2, 0.25) is 0 Å².